The molecule has 0 unspecified atom stereocenters. The first-order valence-corrected chi connectivity index (χ1v) is 8.81. The summed E-state index contributed by atoms with van der Waals surface area (Å²) in [5.74, 6) is -1.50. The number of carbonyl (C=O) groups is 3. The lowest BCUT2D eigenvalue weighted by atomic mass is 10.2. The van der Waals surface area contributed by atoms with Gasteiger partial charge in [-0.2, -0.15) is 0 Å². The lowest BCUT2D eigenvalue weighted by Gasteiger charge is -2.17. The molecule has 136 valence electrons. The number of nitrogens with one attached hydrogen (secondary N) is 1. The van der Waals surface area contributed by atoms with Crippen LogP contribution in [0, 0.1) is 5.82 Å². The van der Waals surface area contributed by atoms with Crippen molar-refractivity contribution in [3.63, 3.8) is 0 Å². The summed E-state index contributed by atoms with van der Waals surface area (Å²) in [6, 6.07) is 5.41. The Hall–Kier alpha value is -2.81. The van der Waals surface area contributed by atoms with Crippen LogP contribution in [0.3, 0.4) is 0 Å². The van der Waals surface area contributed by atoms with Gasteiger partial charge in [0.15, 0.2) is 6.10 Å². The normalized spacial score (nSPS) is 14.8. The molecule has 0 radical (unpaired) electrons. The van der Waals surface area contributed by atoms with Gasteiger partial charge in [0.25, 0.3) is 5.91 Å². The molecule has 0 saturated carbocycles. The molecule has 2 heterocycles. The molecule has 2 aromatic rings. The maximum Gasteiger partial charge on any atom is 0.324 e. The summed E-state index contributed by atoms with van der Waals surface area (Å²) in [6.07, 6.45) is -1.15. The van der Waals surface area contributed by atoms with E-state index < -0.39 is 24.0 Å². The Morgan fingerprint density at radius 2 is 2.12 bits per heavy atom. The van der Waals surface area contributed by atoms with Crippen molar-refractivity contribution in [3.05, 3.63) is 41.2 Å². The molecule has 1 fully saturated rings. The fourth-order valence-corrected chi connectivity index (χ4v) is 3.28. The van der Waals surface area contributed by atoms with Crippen molar-refractivity contribution >= 4 is 29.2 Å². The number of ether oxygens (including phenoxy) is 1. The number of benzene rings is 1. The van der Waals surface area contributed by atoms with Crippen molar-refractivity contribution in [3.8, 4) is 10.6 Å². The molecule has 1 aliphatic rings. The fraction of sp³-hybridized carbons (Fsp3) is 0.294. The molecule has 9 heteroatoms. The Bertz CT molecular complexity index is 837. The minimum atomic E-state index is -1.05. The van der Waals surface area contributed by atoms with Gasteiger partial charge in [0.05, 0.1) is 12.1 Å². The smallest absolute Gasteiger partial charge is 0.324 e. The summed E-state index contributed by atoms with van der Waals surface area (Å²) in [5, 5.41) is 4.88. The van der Waals surface area contributed by atoms with E-state index in [9.17, 15) is 18.8 Å². The molecule has 1 aromatic heterocycles. The van der Waals surface area contributed by atoms with Crippen LogP contribution in [-0.2, 0) is 20.7 Å². The fourth-order valence-electron chi connectivity index (χ4n) is 2.45. The van der Waals surface area contributed by atoms with Gasteiger partial charge < -0.3 is 10.1 Å². The van der Waals surface area contributed by atoms with Gasteiger partial charge in [-0.05, 0) is 31.2 Å². The van der Waals surface area contributed by atoms with Crippen LogP contribution in [0.2, 0.25) is 0 Å². The molecule has 1 aromatic carbocycles. The number of aromatic nitrogens is 1. The number of hydrogen-bond acceptors (Lipinski definition) is 6. The van der Waals surface area contributed by atoms with Crippen LogP contribution >= 0.6 is 11.3 Å². The Morgan fingerprint density at radius 1 is 1.38 bits per heavy atom. The number of amides is 3. The lowest BCUT2D eigenvalue weighted by Crippen LogP contribution is -2.42. The predicted molar refractivity (Wildman–Crippen MR) is 91.9 cm³/mol. The number of carbonyl (C=O) groups excluding carboxylic acids is 3. The number of esters is 1. The van der Waals surface area contributed by atoms with Crippen LogP contribution in [0.1, 0.15) is 12.6 Å². The van der Waals surface area contributed by atoms with Crippen LogP contribution in [0.15, 0.2) is 29.6 Å². The predicted octanol–water partition coefficient (Wildman–Crippen LogP) is 1.98. The summed E-state index contributed by atoms with van der Waals surface area (Å²) in [7, 11) is 0. The zero-order chi connectivity index (χ0) is 18.7. The molecule has 3 amide bonds. The highest BCUT2D eigenvalue weighted by Crippen LogP contribution is 2.24. The van der Waals surface area contributed by atoms with Crippen LogP contribution in [0.5, 0.6) is 0 Å². The number of urea groups is 1. The minimum Gasteiger partial charge on any atom is -0.452 e. The van der Waals surface area contributed by atoms with E-state index in [4.69, 9.17) is 4.74 Å². The molecule has 1 saturated heterocycles. The number of nitrogens with zero attached hydrogens (tertiary/aromatic N) is 2. The average Bonchev–Trinajstić information content (AvgIpc) is 3.23. The molecule has 3 rings (SSSR count). The number of imide groups is 1. The van der Waals surface area contributed by atoms with Crippen LogP contribution in [0.25, 0.3) is 10.6 Å². The molecule has 26 heavy (non-hydrogen) atoms. The van der Waals surface area contributed by atoms with E-state index in [1.165, 1.54) is 30.4 Å². The molecule has 0 bridgehead atoms. The third-order valence-electron chi connectivity index (χ3n) is 3.75. The maximum absolute atomic E-state index is 13.0. The molecular formula is C17H16FN3O4S. The Morgan fingerprint density at radius 3 is 2.77 bits per heavy atom. The first-order valence-electron chi connectivity index (χ1n) is 7.93. The molecule has 1 N–H and O–H groups in total. The first kappa shape index (κ1) is 18.0. The van der Waals surface area contributed by atoms with Crippen LogP contribution < -0.4 is 5.32 Å². The van der Waals surface area contributed by atoms with Crippen molar-refractivity contribution in [1.82, 2.24) is 15.2 Å². The van der Waals surface area contributed by atoms with E-state index in [2.05, 4.69) is 10.3 Å². The second-order valence-electron chi connectivity index (χ2n) is 5.68. The zero-order valence-electron chi connectivity index (χ0n) is 13.9. The van der Waals surface area contributed by atoms with Gasteiger partial charge in [-0.25, -0.2) is 14.2 Å². The summed E-state index contributed by atoms with van der Waals surface area (Å²) in [5.41, 5.74) is 1.25. The van der Waals surface area contributed by atoms with E-state index in [-0.39, 0.29) is 18.8 Å². The topological polar surface area (TPSA) is 88.6 Å². The van der Waals surface area contributed by atoms with Gasteiger partial charge in [-0.3, -0.25) is 14.5 Å². The Balaban J connectivity index is 1.57. The summed E-state index contributed by atoms with van der Waals surface area (Å²) in [6.45, 7) is 2.07. The third-order valence-corrected chi connectivity index (χ3v) is 4.69. The second kappa shape index (κ2) is 7.61. The van der Waals surface area contributed by atoms with Crippen molar-refractivity contribution in [2.75, 3.05) is 13.1 Å². The molecular weight excluding hydrogens is 361 g/mol. The maximum atomic E-state index is 13.0. The lowest BCUT2D eigenvalue weighted by molar-refractivity contribution is -0.156. The summed E-state index contributed by atoms with van der Waals surface area (Å²) < 4.78 is 18.1. The summed E-state index contributed by atoms with van der Waals surface area (Å²) in [4.78, 5) is 41.0. The second-order valence-corrected chi connectivity index (χ2v) is 6.54. The third kappa shape index (κ3) is 4.05. The van der Waals surface area contributed by atoms with Gasteiger partial charge in [-0.15, -0.1) is 11.3 Å². The molecule has 1 atom stereocenters. The molecule has 1 aliphatic heterocycles. The standard InChI is InChI=1S/C17H16FN3O4S/c1-10(16(23)21-7-6-19-17(21)24)25-14(22)8-13-9-26-15(20-13)11-2-4-12(18)5-3-11/h2-5,9-10H,6-8H2,1H3,(H,19,24)/t10-/m1/s1. The molecule has 7 nitrogen and oxygen atoms in total. The Labute approximate surface area is 152 Å². The van der Waals surface area contributed by atoms with E-state index in [1.807, 2.05) is 0 Å². The zero-order valence-corrected chi connectivity index (χ0v) is 14.7. The van der Waals surface area contributed by atoms with Crippen molar-refractivity contribution < 1.29 is 23.5 Å². The average molecular weight is 377 g/mol. The van der Waals surface area contributed by atoms with Crippen LogP contribution in [-0.4, -0.2) is 47.0 Å². The summed E-state index contributed by atoms with van der Waals surface area (Å²) >= 11 is 1.33. The van der Waals surface area contributed by atoms with Crippen LogP contribution in [0.4, 0.5) is 9.18 Å². The quantitative estimate of drug-likeness (QED) is 0.805. The Kier molecular flexibility index (Phi) is 5.27. The van der Waals surface area contributed by atoms with Gasteiger partial charge in [-0.1, -0.05) is 0 Å². The highest BCUT2D eigenvalue weighted by Gasteiger charge is 2.31. The highest BCUT2D eigenvalue weighted by molar-refractivity contribution is 7.13. The van der Waals surface area contributed by atoms with Crippen molar-refractivity contribution in [2.24, 2.45) is 0 Å². The largest absolute Gasteiger partial charge is 0.452 e. The van der Waals surface area contributed by atoms with E-state index in [1.54, 1.807) is 17.5 Å². The number of halogens is 1. The van der Waals surface area contributed by atoms with E-state index in [0.29, 0.717) is 17.2 Å². The SMILES string of the molecule is C[C@@H](OC(=O)Cc1csc(-c2ccc(F)cc2)n1)C(=O)N1CCNC1=O. The molecule has 0 spiro atoms. The monoisotopic (exact) mass is 377 g/mol. The van der Waals surface area contributed by atoms with Crippen molar-refractivity contribution in [2.45, 2.75) is 19.4 Å². The van der Waals surface area contributed by atoms with Gasteiger partial charge in [0, 0.05) is 24.0 Å². The van der Waals surface area contributed by atoms with Crippen molar-refractivity contribution in [1.29, 1.82) is 0 Å². The highest BCUT2D eigenvalue weighted by atomic mass is 32.1. The number of rotatable bonds is 5. The molecule has 0 aliphatic carbocycles. The minimum absolute atomic E-state index is 0.0957. The van der Waals surface area contributed by atoms with E-state index in [0.717, 1.165) is 10.5 Å². The van der Waals surface area contributed by atoms with Gasteiger partial charge >= 0.3 is 12.0 Å². The first-order chi connectivity index (χ1) is 12.4. The van der Waals surface area contributed by atoms with Gasteiger partial charge in [0.1, 0.15) is 10.8 Å². The van der Waals surface area contributed by atoms with E-state index >= 15 is 0 Å². The number of thiazole rings is 1. The van der Waals surface area contributed by atoms with Gasteiger partial charge in [0.2, 0.25) is 0 Å². The number of hydrogen-bond donors (Lipinski definition) is 1.